The van der Waals surface area contributed by atoms with Gasteiger partial charge in [0.15, 0.2) is 6.29 Å². The highest BCUT2D eigenvalue weighted by Gasteiger charge is 2.26. The number of anilines is 2. The average Bonchev–Trinajstić information content (AvgIpc) is 3.70. The summed E-state index contributed by atoms with van der Waals surface area (Å²) < 4.78 is 4.74. The summed E-state index contributed by atoms with van der Waals surface area (Å²) in [4.78, 5) is 18.9. The lowest BCUT2D eigenvalue weighted by Gasteiger charge is -2.35. The van der Waals surface area contributed by atoms with Gasteiger partial charge in [-0.3, -0.25) is 4.79 Å². The van der Waals surface area contributed by atoms with Gasteiger partial charge in [-0.25, -0.2) is 0 Å². The first-order chi connectivity index (χ1) is 20.2. The van der Waals surface area contributed by atoms with E-state index in [0.29, 0.717) is 5.92 Å². The lowest BCUT2D eigenvalue weighted by molar-refractivity contribution is 0.112. The maximum absolute atomic E-state index is 11.7. The van der Waals surface area contributed by atoms with Crippen LogP contribution in [0.25, 0.3) is 36.6 Å². The number of hydrogen-bond donors (Lipinski definition) is 0. The normalized spacial score (nSPS) is 13.5. The number of rotatable bonds is 9. The highest BCUT2D eigenvalue weighted by atomic mass is 32.2. The number of fused-ring (bicyclic) bond motifs is 5. The molecule has 1 unspecified atom stereocenters. The molecule has 1 atom stereocenters. The average molecular weight is 593 g/mol. The van der Waals surface area contributed by atoms with E-state index in [1.54, 1.807) is 11.3 Å². The second kappa shape index (κ2) is 11.2. The van der Waals surface area contributed by atoms with Gasteiger partial charge in [0.1, 0.15) is 0 Å². The maximum atomic E-state index is 11.7. The van der Waals surface area contributed by atoms with E-state index in [0.717, 1.165) is 28.9 Å². The number of carbonyl (C=O) groups is 1. The van der Waals surface area contributed by atoms with Crippen molar-refractivity contribution in [3.05, 3.63) is 89.8 Å². The van der Waals surface area contributed by atoms with E-state index in [1.807, 2.05) is 35.2 Å². The first kappa shape index (κ1) is 26.6. The molecule has 6 heteroatoms. The smallest absolute Gasteiger partial charge is 0.160 e. The standard InChI is InChI=1S/C35H32N2OS3/c1-3-5-11-23(4-2)21-36-27-14-9-10-15-31(27)40-33-18-24(16-17-28(33)36)32-20-30-35(41-32)34-29(19-26(22-38)39-34)37(30)25-12-7-6-8-13-25/h6-10,12-20,22-23H,3-5,11,21H2,1-2H3. The molecule has 1 aliphatic heterocycles. The van der Waals surface area contributed by atoms with Gasteiger partial charge in [-0.05, 0) is 66.4 Å². The topological polar surface area (TPSA) is 25.2 Å². The van der Waals surface area contributed by atoms with Gasteiger partial charge in [0, 0.05) is 26.9 Å². The Kier molecular flexibility index (Phi) is 7.23. The Labute approximate surface area is 253 Å². The van der Waals surface area contributed by atoms with Crippen molar-refractivity contribution in [2.75, 3.05) is 11.4 Å². The highest BCUT2D eigenvalue weighted by Crippen LogP contribution is 2.51. The first-order valence-electron chi connectivity index (χ1n) is 14.5. The highest BCUT2D eigenvalue weighted by molar-refractivity contribution is 7.99. The number of hydrogen-bond acceptors (Lipinski definition) is 5. The number of carbonyl (C=O) groups excluding carboxylic acids is 1. The number of aldehydes is 1. The molecule has 3 aromatic carbocycles. The van der Waals surface area contributed by atoms with E-state index in [-0.39, 0.29) is 0 Å². The van der Waals surface area contributed by atoms with Crippen LogP contribution in [0.4, 0.5) is 11.4 Å². The van der Waals surface area contributed by atoms with Crippen LogP contribution in [0.15, 0.2) is 94.7 Å². The Morgan fingerprint density at radius 3 is 2.37 bits per heavy atom. The van der Waals surface area contributed by atoms with Gasteiger partial charge in [-0.1, -0.05) is 81.3 Å². The van der Waals surface area contributed by atoms with Crippen molar-refractivity contribution in [2.24, 2.45) is 5.92 Å². The molecule has 0 amide bonds. The van der Waals surface area contributed by atoms with Gasteiger partial charge < -0.3 is 9.47 Å². The summed E-state index contributed by atoms with van der Waals surface area (Å²) in [6, 6.07) is 30.7. The SMILES string of the molecule is CCCCC(CC)CN1c2ccccc2Sc2cc(-c3cc4c(s3)c3sc(C=O)cc3n4-c3ccccc3)ccc21. The Balaban J connectivity index is 1.32. The molecule has 206 valence electrons. The summed E-state index contributed by atoms with van der Waals surface area (Å²) in [6.07, 6.45) is 5.99. The Hall–Kier alpha value is -3.32. The number of aromatic nitrogens is 1. The molecule has 0 fully saturated rings. The molecule has 0 saturated heterocycles. The Morgan fingerprint density at radius 1 is 0.805 bits per heavy atom. The monoisotopic (exact) mass is 592 g/mol. The van der Waals surface area contributed by atoms with Crippen LogP contribution in [0, 0.1) is 5.92 Å². The summed E-state index contributed by atoms with van der Waals surface area (Å²) in [6.45, 7) is 5.68. The van der Waals surface area contributed by atoms with Crippen molar-refractivity contribution < 1.29 is 4.79 Å². The molecular formula is C35H32N2OS3. The third-order valence-corrected chi connectivity index (χ3v) is 11.7. The molecule has 0 bridgehead atoms. The molecule has 0 radical (unpaired) electrons. The van der Waals surface area contributed by atoms with Crippen molar-refractivity contribution in [1.82, 2.24) is 4.57 Å². The first-order valence-corrected chi connectivity index (χ1v) is 16.9. The molecule has 3 aromatic heterocycles. The van der Waals surface area contributed by atoms with Crippen molar-refractivity contribution in [2.45, 2.75) is 49.3 Å². The van der Waals surface area contributed by atoms with E-state index in [9.17, 15) is 4.79 Å². The third-order valence-electron chi connectivity index (χ3n) is 8.16. The van der Waals surface area contributed by atoms with E-state index >= 15 is 0 Å². The summed E-state index contributed by atoms with van der Waals surface area (Å²) in [5.41, 5.74) is 7.33. The molecule has 0 spiro atoms. The molecule has 3 nitrogen and oxygen atoms in total. The van der Waals surface area contributed by atoms with Crippen molar-refractivity contribution >= 4 is 72.5 Å². The van der Waals surface area contributed by atoms with Gasteiger partial charge in [0.2, 0.25) is 0 Å². The van der Waals surface area contributed by atoms with Crippen LogP contribution in [0.1, 0.15) is 49.2 Å². The number of benzene rings is 3. The van der Waals surface area contributed by atoms with E-state index in [2.05, 4.69) is 96.1 Å². The van der Waals surface area contributed by atoms with Crippen LogP contribution in [0.2, 0.25) is 0 Å². The second-order valence-electron chi connectivity index (χ2n) is 10.8. The number of thiophene rings is 2. The fourth-order valence-corrected chi connectivity index (χ4v) is 9.36. The van der Waals surface area contributed by atoms with Crippen LogP contribution < -0.4 is 4.90 Å². The van der Waals surface area contributed by atoms with Gasteiger partial charge in [-0.2, -0.15) is 0 Å². The Bertz CT molecular complexity index is 1860. The molecular weight excluding hydrogens is 561 g/mol. The molecule has 6 aromatic rings. The molecule has 0 aliphatic carbocycles. The van der Waals surface area contributed by atoms with Crippen LogP contribution in [-0.2, 0) is 0 Å². The fourth-order valence-electron chi connectivity index (χ4n) is 5.98. The lowest BCUT2D eigenvalue weighted by atomic mass is 9.98. The van der Waals surface area contributed by atoms with Crippen molar-refractivity contribution in [3.8, 4) is 16.1 Å². The van der Waals surface area contributed by atoms with Crippen LogP contribution in [-0.4, -0.2) is 17.4 Å². The molecule has 0 N–H and O–H groups in total. The van der Waals surface area contributed by atoms with Gasteiger partial charge in [0.05, 0.1) is 36.7 Å². The second-order valence-corrected chi connectivity index (χ2v) is 14.0. The van der Waals surface area contributed by atoms with E-state index < -0.39 is 0 Å². The minimum absolute atomic E-state index is 0.680. The minimum Gasteiger partial charge on any atom is -0.339 e. The van der Waals surface area contributed by atoms with E-state index in [1.165, 1.54) is 72.2 Å². The van der Waals surface area contributed by atoms with Crippen molar-refractivity contribution in [3.63, 3.8) is 0 Å². The van der Waals surface area contributed by atoms with Crippen molar-refractivity contribution in [1.29, 1.82) is 0 Å². The fraction of sp³-hybridized carbons (Fsp3) is 0.229. The third kappa shape index (κ3) is 4.72. The summed E-state index contributed by atoms with van der Waals surface area (Å²) in [5, 5.41) is 0. The van der Waals surface area contributed by atoms with Crippen LogP contribution in [0.3, 0.4) is 0 Å². The number of unbranched alkanes of at least 4 members (excludes halogenated alkanes) is 1. The van der Waals surface area contributed by atoms with Crippen LogP contribution in [0.5, 0.6) is 0 Å². The summed E-state index contributed by atoms with van der Waals surface area (Å²) in [7, 11) is 0. The zero-order chi connectivity index (χ0) is 27.9. The Morgan fingerprint density at radius 2 is 1.56 bits per heavy atom. The lowest BCUT2D eigenvalue weighted by Crippen LogP contribution is -2.27. The molecule has 1 aliphatic rings. The summed E-state index contributed by atoms with van der Waals surface area (Å²) in [5.74, 6) is 0.680. The van der Waals surface area contributed by atoms with Gasteiger partial charge >= 0.3 is 0 Å². The van der Waals surface area contributed by atoms with Gasteiger partial charge in [0.25, 0.3) is 0 Å². The molecule has 4 heterocycles. The minimum atomic E-state index is 0.680. The molecule has 7 rings (SSSR count). The van der Waals surface area contributed by atoms with Crippen LogP contribution >= 0.6 is 34.4 Å². The maximum Gasteiger partial charge on any atom is 0.160 e. The largest absolute Gasteiger partial charge is 0.339 e. The van der Waals surface area contributed by atoms with Gasteiger partial charge in [-0.15, -0.1) is 22.7 Å². The molecule has 41 heavy (non-hydrogen) atoms. The number of para-hydroxylation sites is 2. The van der Waals surface area contributed by atoms with E-state index in [4.69, 9.17) is 0 Å². The molecule has 0 saturated carbocycles. The predicted octanol–water partition coefficient (Wildman–Crippen LogP) is 11.2. The zero-order valence-corrected chi connectivity index (χ0v) is 25.8. The zero-order valence-electron chi connectivity index (χ0n) is 23.3. The number of nitrogens with zero attached hydrogens (tertiary/aromatic N) is 2. The summed E-state index contributed by atoms with van der Waals surface area (Å²) >= 11 is 5.31. The predicted molar refractivity (Wildman–Crippen MR) is 178 cm³/mol. The quantitative estimate of drug-likeness (QED) is 0.156.